The van der Waals surface area contributed by atoms with E-state index in [1.807, 2.05) is 6.07 Å². The third-order valence-electron chi connectivity index (χ3n) is 2.22. The van der Waals surface area contributed by atoms with Gasteiger partial charge in [0.2, 0.25) is 0 Å². The van der Waals surface area contributed by atoms with Gasteiger partial charge in [0.1, 0.15) is 0 Å². The van der Waals surface area contributed by atoms with Gasteiger partial charge in [-0.3, -0.25) is 5.10 Å². The van der Waals surface area contributed by atoms with Crippen LogP contribution in [0.1, 0.15) is 26.5 Å². The van der Waals surface area contributed by atoms with Gasteiger partial charge in [-0.2, -0.15) is 5.10 Å². The second-order valence-corrected chi connectivity index (χ2v) is 4.48. The molecular formula is C10H14N4. The van der Waals surface area contributed by atoms with Crippen LogP contribution < -0.4 is 5.73 Å². The second kappa shape index (κ2) is 2.70. The summed E-state index contributed by atoms with van der Waals surface area (Å²) in [5.41, 5.74) is 8.37. The highest BCUT2D eigenvalue weighted by Gasteiger charge is 2.17. The number of nitrogen functional groups attached to an aromatic ring is 1. The zero-order chi connectivity index (χ0) is 10.3. The number of pyridine rings is 1. The van der Waals surface area contributed by atoms with Gasteiger partial charge in [-0.05, 0) is 6.07 Å². The van der Waals surface area contributed by atoms with Crippen LogP contribution in [0.4, 0.5) is 5.69 Å². The van der Waals surface area contributed by atoms with Crippen LogP contribution in [0, 0.1) is 0 Å². The van der Waals surface area contributed by atoms with E-state index >= 15 is 0 Å². The standard InChI is InChI=1S/C10H14N4/c1-10(2,3)8-4-7(11)6-5-12-14-9(6)13-8/h4-5H,1-3H3,(H3,11,12,13,14). The van der Waals surface area contributed by atoms with E-state index in [0.29, 0.717) is 0 Å². The number of hydrogen-bond acceptors (Lipinski definition) is 3. The average molecular weight is 190 g/mol. The largest absolute Gasteiger partial charge is 0.398 e. The number of anilines is 1. The van der Waals surface area contributed by atoms with Crippen molar-refractivity contribution >= 4 is 16.7 Å². The van der Waals surface area contributed by atoms with E-state index in [4.69, 9.17) is 5.73 Å². The molecule has 0 saturated heterocycles. The van der Waals surface area contributed by atoms with Crippen molar-refractivity contribution in [3.63, 3.8) is 0 Å². The van der Waals surface area contributed by atoms with E-state index in [0.717, 1.165) is 22.4 Å². The molecule has 0 bridgehead atoms. The smallest absolute Gasteiger partial charge is 0.157 e. The number of rotatable bonds is 0. The fourth-order valence-corrected chi connectivity index (χ4v) is 1.34. The van der Waals surface area contributed by atoms with Crippen molar-refractivity contribution in [2.75, 3.05) is 5.73 Å². The molecule has 2 aromatic rings. The molecule has 3 N–H and O–H groups in total. The molecule has 0 amide bonds. The summed E-state index contributed by atoms with van der Waals surface area (Å²) in [6.45, 7) is 6.32. The van der Waals surface area contributed by atoms with Crippen molar-refractivity contribution in [3.05, 3.63) is 18.0 Å². The molecule has 2 heterocycles. The maximum Gasteiger partial charge on any atom is 0.157 e. The molecule has 2 rings (SSSR count). The third-order valence-corrected chi connectivity index (χ3v) is 2.22. The van der Waals surface area contributed by atoms with Crippen molar-refractivity contribution in [3.8, 4) is 0 Å². The number of H-pyrrole nitrogens is 1. The van der Waals surface area contributed by atoms with Gasteiger partial charge in [0.25, 0.3) is 0 Å². The Labute approximate surface area is 82.5 Å². The van der Waals surface area contributed by atoms with Crippen LogP contribution in [0.3, 0.4) is 0 Å². The first-order valence-corrected chi connectivity index (χ1v) is 4.58. The first-order valence-electron chi connectivity index (χ1n) is 4.58. The van der Waals surface area contributed by atoms with E-state index in [-0.39, 0.29) is 5.41 Å². The van der Waals surface area contributed by atoms with E-state index in [9.17, 15) is 0 Å². The Kier molecular flexibility index (Phi) is 1.74. The van der Waals surface area contributed by atoms with E-state index in [1.165, 1.54) is 0 Å². The van der Waals surface area contributed by atoms with Gasteiger partial charge in [0.15, 0.2) is 5.65 Å². The third kappa shape index (κ3) is 1.32. The summed E-state index contributed by atoms with van der Waals surface area (Å²) in [7, 11) is 0. The van der Waals surface area contributed by atoms with Gasteiger partial charge < -0.3 is 5.73 Å². The van der Waals surface area contributed by atoms with Gasteiger partial charge >= 0.3 is 0 Å². The van der Waals surface area contributed by atoms with E-state index in [1.54, 1.807) is 6.20 Å². The molecule has 0 spiro atoms. The number of fused-ring (bicyclic) bond motifs is 1. The lowest BCUT2D eigenvalue weighted by molar-refractivity contribution is 0.571. The fraction of sp³-hybridized carbons (Fsp3) is 0.400. The lowest BCUT2D eigenvalue weighted by Gasteiger charge is -2.17. The quantitative estimate of drug-likeness (QED) is 0.666. The predicted octanol–water partition coefficient (Wildman–Crippen LogP) is 1.84. The first-order chi connectivity index (χ1) is 6.48. The molecule has 0 aliphatic heterocycles. The summed E-state index contributed by atoms with van der Waals surface area (Å²) in [5, 5.41) is 7.64. The van der Waals surface area contributed by atoms with Crippen LogP contribution >= 0.6 is 0 Å². The number of nitrogens with two attached hydrogens (primary N) is 1. The molecule has 0 radical (unpaired) electrons. The summed E-state index contributed by atoms with van der Waals surface area (Å²) in [6.07, 6.45) is 1.70. The number of aromatic amines is 1. The highest BCUT2D eigenvalue weighted by molar-refractivity contribution is 5.87. The van der Waals surface area contributed by atoms with E-state index < -0.39 is 0 Å². The molecule has 0 aliphatic rings. The van der Waals surface area contributed by atoms with Crippen LogP contribution in [0.25, 0.3) is 11.0 Å². The number of nitrogens with one attached hydrogen (secondary N) is 1. The molecule has 4 nitrogen and oxygen atoms in total. The Morgan fingerprint density at radius 2 is 2.07 bits per heavy atom. The van der Waals surface area contributed by atoms with Crippen LogP contribution in [0.5, 0.6) is 0 Å². The van der Waals surface area contributed by atoms with Gasteiger partial charge in [-0.1, -0.05) is 20.8 Å². The maximum absolute atomic E-state index is 5.90. The minimum absolute atomic E-state index is 0.00736. The summed E-state index contributed by atoms with van der Waals surface area (Å²) >= 11 is 0. The van der Waals surface area contributed by atoms with Crippen molar-refractivity contribution in [1.29, 1.82) is 0 Å². The Morgan fingerprint density at radius 3 is 2.71 bits per heavy atom. The Hall–Kier alpha value is -1.58. The molecule has 14 heavy (non-hydrogen) atoms. The monoisotopic (exact) mass is 190 g/mol. The molecule has 2 aromatic heterocycles. The summed E-state index contributed by atoms with van der Waals surface area (Å²) in [5.74, 6) is 0. The zero-order valence-corrected chi connectivity index (χ0v) is 8.63. The summed E-state index contributed by atoms with van der Waals surface area (Å²) in [4.78, 5) is 4.47. The summed E-state index contributed by atoms with van der Waals surface area (Å²) < 4.78 is 0. The van der Waals surface area contributed by atoms with Gasteiger partial charge in [0, 0.05) is 11.1 Å². The molecule has 0 aliphatic carbocycles. The van der Waals surface area contributed by atoms with Gasteiger partial charge in [-0.15, -0.1) is 0 Å². The van der Waals surface area contributed by atoms with Crippen molar-refractivity contribution in [2.45, 2.75) is 26.2 Å². The Bertz CT molecular complexity index is 464. The van der Waals surface area contributed by atoms with Crippen molar-refractivity contribution in [2.24, 2.45) is 0 Å². The maximum atomic E-state index is 5.90. The second-order valence-electron chi connectivity index (χ2n) is 4.48. The van der Waals surface area contributed by atoms with Crippen molar-refractivity contribution in [1.82, 2.24) is 15.2 Å². The molecule has 4 heteroatoms. The predicted molar refractivity (Wildman–Crippen MR) is 57.0 cm³/mol. The van der Waals surface area contributed by atoms with Crippen molar-refractivity contribution < 1.29 is 0 Å². The average Bonchev–Trinajstić information content (AvgIpc) is 2.50. The minimum atomic E-state index is 0.00736. The number of hydrogen-bond donors (Lipinski definition) is 2. The molecule has 74 valence electrons. The molecule has 0 aromatic carbocycles. The van der Waals surface area contributed by atoms with E-state index in [2.05, 4.69) is 36.0 Å². The van der Waals surface area contributed by atoms with Gasteiger partial charge in [0.05, 0.1) is 17.3 Å². The Morgan fingerprint density at radius 1 is 1.36 bits per heavy atom. The first kappa shape index (κ1) is 8.99. The number of aromatic nitrogens is 3. The lowest BCUT2D eigenvalue weighted by Crippen LogP contribution is -2.14. The fourth-order valence-electron chi connectivity index (χ4n) is 1.34. The highest BCUT2D eigenvalue weighted by atomic mass is 15.1. The van der Waals surface area contributed by atoms with Crippen LogP contribution in [0.15, 0.2) is 12.3 Å². The zero-order valence-electron chi connectivity index (χ0n) is 8.63. The van der Waals surface area contributed by atoms with Gasteiger partial charge in [-0.25, -0.2) is 4.98 Å². The number of nitrogens with zero attached hydrogens (tertiary/aromatic N) is 2. The molecule has 0 atom stereocenters. The molecule has 0 saturated carbocycles. The highest BCUT2D eigenvalue weighted by Crippen LogP contribution is 2.26. The topological polar surface area (TPSA) is 67.6 Å². The summed E-state index contributed by atoms with van der Waals surface area (Å²) in [6, 6.07) is 1.91. The van der Waals surface area contributed by atoms with Crippen LogP contribution in [-0.4, -0.2) is 15.2 Å². The molecule has 0 fully saturated rings. The Balaban J connectivity index is 2.70. The minimum Gasteiger partial charge on any atom is -0.398 e. The SMILES string of the molecule is CC(C)(C)c1cc(N)c2cn[nH]c2n1. The molecule has 0 unspecified atom stereocenters. The molecular weight excluding hydrogens is 176 g/mol. The normalized spacial score (nSPS) is 12.2. The van der Waals surface area contributed by atoms with Crippen LogP contribution in [0.2, 0.25) is 0 Å². The van der Waals surface area contributed by atoms with Crippen LogP contribution in [-0.2, 0) is 5.41 Å². The lowest BCUT2D eigenvalue weighted by atomic mass is 9.91.